The Hall–Kier alpha value is -0.870. The van der Waals surface area contributed by atoms with E-state index in [2.05, 4.69) is 21.2 Å². The molecule has 0 spiro atoms. The van der Waals surface area contributed by atoms with Gasteiger partial charge in [0.25, 0.3) is 5.91 Å². The molecule has 0 aliphatic carbocycles. The van der Waals surface area contributed by atoms with Crippen LogP contribution >= 0.6 is 15.9 Å². The Labute approximate surface area is 104 Å². The standard InChI is InChI=1S/C12H15BrN2O/c1-15(9-6-7-14-8-9)12(16)10-4-2-3-5-11(10)13/h2-5,9,14H,6-8H2,1H3. The van der Waals surface area contributed by atoms with Gasteiger partial charge in [-0.05, 0) is 41.0 Å². The Morgan fingerprint density at radius 2 is 2.25 bits per heavy atom. The third-order valence-corrected chi connectivity index (χ3v) is 3.70. The first-order chi connectivity index (χ1) is 7.70. The van der Waals surface area contributed by atoms with Gasteiger partial charge >= 0.3 is 0 Å². The first-order valence-electron chi connectivity index (χ1n) is 5.42. The van der Waals surface area contributed by atoms with E-state index in [9.17, 15) is 4.79 Å². The van der Waals surface area contributed by atoms with Crippen LogP contribution in [0.25, 0.3) is 0 Å². The molecule has 0 bridgehead atoms. The monoisotopic (exact) mass is 282 g/mol. The molecule has 4 heteroatoms. The molecule has 2 rings (SSSR count). The van der Waals surface area contributed by atoms with Crippen LogP contribution in [0.5, 0.6) is 0 Å². The molecule has 1 aliphatic heterocycles. The van der Waals surface area contributed by atoms with Crippen LogP contribution in [0.3, 0.4) is 0 Å². The lowest BCUT2D eigenvalue weighted by Gasteiger charge is -2.24. The van der Waals surface area contributed by atoms with Gasteiger partial charge in [-0.25, -0.2) is 0 Å². The summed E-state index contributed by atoms with van der Waals surface area (Å²) in [6.45, 7) is 1.89. The van der Waals surface area contributed by atoms with Crippen molar-refractivity contribution in [2.45, 2.75) is 12.5 Å². The molecule has 1 N–H and O–H groups in total. The van der Waals surface area contributed by atoms with Crippen LogP contribution in [0.2, 0.25) is 0 Å². The van der Waals surface area contributed by atoms with Gasteiger partial charge in [0.15, 0.2) is 0 Å². The Morgan fingerprint density at radius 1 is 1.50 bits per heavy atom. The number of nitrogens with one attached hydrogen (secondary N) is 1. The molecule has 1 aliphatic rings. The second-order valence-corrected chi connectivity index (χ2v) is 4.90. The number of carbonyl (C=O) groups is 1. The topological polar surface area (TPSA) is 32.3 Å². The fourth-order valence-electron chi connectivity index (χ4n) is 1.96. The van der Waals surface area contributed by atoms with Crippen LogP contribution in [0, 0.1) is 0 Å². The number of amides is 1. The van der Waals surface area contributed by atoms with Gasteiger partial charge in [-0.15, -0.1) is 0 Å². The van der Waals surface area contributed by atoms with Gasteiger partial charge in [-0.3, -0.25) is 4.79 Å². The minimum atomic E-state index is 0.0844. The molecule has 1 aromatic rings. The highest BCUT2D eigenvalue weighted by Crippen LogP contribution is 2.19. The van der Waals surface area contributed by atoms with E-state index in [-0.39, 0.29) is 5.91 Å². The van der Waals surface area contributed by atoms with Crippen LogP contribution in [-0.4, -0.2) is 37.0 Å². The zero-order valence-electron chi connectivity index (χ0n) is 9.24. The van der Waals surface area contributed by atoms with E-state index in [1.165, 1.54) is 0 Å². The number of benzene rings is 1. The summed E-state index contributed by atoms with van der Waals surface area (Å²) < 4.78 is 0.859. The van der Waals surface area contributed by atoms with Crippen LogP contribution in [0.4, 0.5) is 0 Å². The number of carbonyl (C=O) groups excluding carboxylic acids is 1. The smallest absolute Gasteiger partial charge is 0.255 e. The number of rotatable bonds is 2. The summed E-state index contributed by atoms with van der Waals surface area (Å²) in [5.41, 5.74) is 0.733. The molecule has 3 nitrogen and oxygen atoms in total. The summed E-state index contributed by atoms with van der Waals surface area (Å²) in [5.74, 6) is 0.0844. The van der Waals surface area contributed by atoms with Crippen molar-refractivity contribution < 1.29 is 4.79 Å². The number of hydrogen-bond acceptors (Lipinski definition) is 2. The van der Waals surface area contributed by atoms with Crippen molar-refractivity contribution in [3.05, 3.63) is 34.3 Å². The highest BCUT2D eigenvalue weighted by molar-refractivity contribution is 9.10. The SMILES string of the molecule is CN(C(=O)c1ccccc1Br)C1CCNC1. The van der Waals surface area contributed by atoms with Crippen LogP contribution in [-0.2, 0) is 0 Å². The molecule has 1 unspecified atom stereocenters. The second-order valence-electron chi connectivity index (χ2n) is 4.04. The number of nitrogens with zero attached hydrogens (tertiary/aromatic N) is 1. The summed E-state index contributed by atoms with van der Waals surface area (Å²) in [7, 11) is 1.87. The van der Waals surface area contributed by atoms with Crippen molar-refractivity contribution in [1.82, 2.24) is 10.2 Å². The van der Waals surface area contributed by atoms with E-state index < -0.39 is 0 Å². The van der Waals surface area contributed by atoms with E-state index in [1.807, 2.05) is 36.2 Å². The van der Waals surface area contributed by atoms with Gasteiger partial charge in [0.1, 0.15) is 0 Å². The predicted molar refractivity (Wildman–Crippen MR) is 67.5 cm³/mol. The summed E-state index contributed by atoms with van der Waals surface area (Å²) in [6, 6.07) is 7.87. The van der Waals surface area contributed by atoms with Crippen molar-refractivity contribution in [3.8, 4) is 0 Å². The average molecular weight is 283 g/mol. The third kappa shape index (κ3) is 2.28. The summed E-state index contributed by atoms with van der Waals surface area (Å²) in [5, 5.41) is 3.27. The Kier molecular flexibility index (Phi) is 3.61. The van der Waals surface area contributed by atoms with Gasteiger partial charge in [0.2, 0.25) is 0 Å². The first-order valence-corrected chi connectivity index (χ1v) is 6.22. The largest absolute Gasteiger partial charge is 0.337 e. The number of likely N-dealkylation sites (N-methyl/N-ethyl adjacent to an activating group) is 1. The molecule has 0 radical (unpaired) electrons. The maximum atomic E-state index is 12.2. The van der Waals surface area contributed by atoms with Crippen molar-refractivity contribution in [1.29, 1.82) is 0 Å². The molecular formula is C12H15BrN2O. The molecule has 0 aromatic heterocycles. The maximum absolute atomic E-state index is 12.2. The average Bonchev–Trinajstić information content (AvgIpc) is 2.81. The zero-order chi connectivity index (χ0) is 11.5. The molecular weight excluding hydrogens is 268 g/mol. The van der Waals surface area contributed by atoms with Crippen molar-refractivity contribution in [3.63, 3.8) is 0 Å². The fourth-order valence-corrected chi connectivity index (χ4v) is 2.41. The molecule has 1 fully saturated rings. The van der Waals surface area contributed by atoms with E-state index in [0.29, 0.717) is 6.04 Å². The first kappa shape index (κ1) is 11.6. The maximum Gasteiger partial charge on any atom is 0.255 e. The highest BCUT2D eigenvalue weighted by atomic mass is 79.9. The van der Waals surface area contributed by atoms with Gasteiger partial charge in [-0.2, -0.15) is 0 Å². The molecule has 1 saturated heterocycles. The number of halogens is 1. The van der Waals surface area contributed by atoms with Crippen molar-refractivity contribution in [2.75, 3.05) is 20.1 Å². The van der Waals surface area contributed by atoms with Crippen molar-refractivity contribution >= 4 is 21.8 Å². The van der Waals surface area contributed by atoms with E-state index in [1.54, 1.807) is 0 Å². The lowest BCUT2D eigenvalue weighted by atomic mass is 10.1. The van der Waals surface area contributed by atoms with Gasteiger partial charge in [0.05, 0.1) is 5.56 Å². The molecule has 1 aromatic carbocycles. The Bertz CT molecular complexity index is 388. The number of hydrogen-bond donors (Lipinski definition) is 1. The third-order valence-electron chi connectivity index (χ3n) is 3.01. The van der Waals surface area contributed by atoms with Gasteiger partial charge < -0.3 is 10.2 Å². The van der Waals surface area contributed by atoms with E-state index in [0.717, 1.165) is 29.5 Å². The Balaban J connectivity index is 2.15. The summed E-state index contributed by atoms with van der Waals surface area (Å²) in [4.78, 5) is 14.1. The quantitative estimate of drug-likeness (QED) is 0.899. The van der Waals surface area contributed by atoms with E-state index >= 15 is 0 Å². The molecule has 86 valence electrons. The zero-order valence-corrected chi connectivity index (χ0v) is 10.8. The van der Waals surface area contributed by atoms with Crippen LogP contribution in [0.15, 0.2) is 28.7 Å². The lowest BCUT2D eigenvalue weighted by molar-refractivity contribution is 0.0743. The Morgan fingerprint density at radius 3 is 2.88 bits per heavy atom. The summed E-state index contributed by atoms with van der Waals surface area (Å²) in [6.07, 6.45) is 1.03. The highest BCUT2D eigenvalue weighted by Gasteiger charge is 2.24. The molecule has 1 heterocycles. The minimum Gasteiger partial charge on any atom is -0.337 e. The molecule has 0 saturated carbocycles. The van der Waals surface area contributed by atoms with Crippen LogP contribution < -0.4 is 5.32 Å². The minimum absolute atomic E-state index is 0.0844. The predicted octanol–water partition coefficient (Wildman–Crippen LogP) is 1.88. The van der Waals surface area contributed by atoms with Gasteiger partial charge in [0, 0.05) is 24.1 Å². The fraction of sp³-hybridized carbons (Fsp3) is 0.417. The lowest BCUT2D eigenvalue weighted by Crippen LogP contribution is -2.38. The second kappa shape index (κ2) is 4.97. The molecule has 1 amide bonds. The summed E-state index contributed by atoms with van der Waals surface area (Å²) >= 11 is 3.41. The van der Waals surface area contributed by atoms with Crippen LogP contribution in [0.1, 0.15) is 16.8 Å². The molecule has 1 atom stereocenters. The normalized spacial score (nSPS) is 19.8. The van der Waals surface area contributed by atoms with Gasteiger partial charge in [-0.1, -0.05) is 12.1 Å². The van der Waals surface area contributed by atoms with Crippen molar-refractivity contribution in [2.24, 2.45) is 0 Å². The van der Waals surface area contributed by atoms with E-state index in [4.69, 9.17) is 0 Å². The molecule has 16 heavy (non-hydrogen) atoms.